The highest BCUT2D eigenvalue weighted by Crippen LogP contribution is 2.31. The number of ether oxygens (including phenoxy) is 8. The van der Waals surface area contributed by atoms with Crippen molar-refractivity contribution >= 4 is 23.8 Å². The molecule has 0 unspecified atom stereocenters. The Morgan fingerprint density at radius 3 is 1.74 bits per heavy atom. The van der Waals surface area contributed by atoms with Gasteiger partial charge >= 0.3 is 12.2 Å². The molecule has 1 aromatic rings. The maximum absolute atomic E-state index is 13.4. The standard InChI is InChI=1S/C32H53N3O11/c1-31(2,3)45-29(37)33-12-8-7-9-25(35-30(38)46-32(4,5)6)28(36)34-24-10-11-26-27(23-24)44-22-20-42-18-16-40-14-13-39-15-17-41-19-21-43-26/h10-11,23,25H,7-9,12-22H2,1-6H3,(H,33,37)(H,34,36)(H,35,38)/t25-/m0/s1. The maximum atomic E-state index is 13.4. The van der Waals surface area contributed by atoms with Crippen LogP contribution in [0.3, 0.4) is 0 Å². The molecule has 0 spiro atoms. The van der Waals surface area contributed by atoms with Crippen molar-refractivity contribution in [3.05, 3.63) is 18.2 Å². The number of nitrogens with one attached hydrogen (secondary N) is 3. The van der Waals surface area contributed by atoms with Crippen LogP contribution in [0.1, 0.15) is 60.8 Å². The van der Waals surface area contributed by atoms with Gasteiger partial charge in [0.15, 0.2) is 11.5 Å². The van der Waals surface area contributed by atoms with Gasteiger partial charge in [-0.05, 0) is 72.9 Å². The molecule has 2 rings (SSSR count). The van der Waals surface area contributed by atoms with E-state index in [9.17, 15) is 14.4 Å². The zero-order valence-corrected chi connectivity index (χ0v) is 28.2. The van der Waals surface area contributed by atoms with E-state index < -0.39 is 35.3 Å². The van der Waals surface area contributed by atoms with Crippen molar-refractivity contribution < 1.29 is 52.3 Å². The van der Waals surface area contributed by atoms with Gasteiger partial charge in [-0.3, -0.25) is 4.79 Å². The van der Waals surface area contributed by atoms with E-state index in [-0.39, 0.29) is 13.2 Å². The Balaban J connectivity index is 2.04. The fraction of sp³-hybridized carbons (Fsp3) is 0.719. The van der Waals surface area contributed by atoms with Crippen LogP contribution in [0.15, 0.2) is 18.2 Å². The summed E-state index contributed by atoms with van der Waals surface area (Å²) < 4.78 is 44.5. The van der Waals surface area contributed by atoms with Gasteiger partial charge in [-0.2, -0.15) is 0 Å². The monoisotopic (exact) mass is 655 g/mol. The summed E-state index contributed by atoms with van der Waals surface area (Å²) in [6.45, 7) is 14.8. The van der Waals surface area contributed by atoms with Gasteiger partial charge in [-0.1, -0.05) is 0 Å². The predicted molar refractivity (Wildman–Crippen MR) is 171 cm³/mol. The number of unbranched alkanes of at least 4 members (excludes halogenated alkanes) is 1. The van der Waals surface area contributed by atoms with E-state index in [4.69, 9.17) is 37.9 Å². The number of benzene rings is 1. The summed E-state index contributed by atoms with van der Waals surface area (Å²) in [6.07, 6.45) is 0.176. The van der Waals surface area contributed by atoms with E-state index in [1.165, 1.54) is 0 Å². The highest BCUT2D eigenvalue weighted by molar-refractivity contribution is 5.96. The van der Waals surface area contributed by atoms with Gasteiger partial charge in [0.05, 0.1) is 52.9 Å². The highest BCUT2D eigenvalue weighted by Gasteiger charge is 2.25. The van der Waals surface area contributed by atoms with Crippen LogP contribution in [0, 0.1) is 0 Å². The third-order valence-corrected chi connectivity index (χ3v) is 5.89. The van der Waals surface area contributed by atoms with Crippen LogP contribution in [0.25, 0.3) is 0 Å². The molecule has 0 aromatic heterocycles. The maximum Gasteiger partial charge on any atom is 0.408 e. The van der Waals surface area contributed by atoms with Crippen molar-refractivity contribution in [2.24, 2.45) is 0 Å². The lowest BCUT2D eigenvalue weighted by atomic mass is 10.1. The molecule has 0 radical (unpaired) electrons. The minimum absolute atomic E-state index is 0.244. The summed E-state index contributed by atoms with van der Waals surface area (Å²) in [5.74, 6) is 0.446. The minimum atomic E-state index is -0.903. The largest absolute Gasteiger partial charge is 0.487 e. The second-order valence-electron chi connectivity index (χ2n) is 12.4. The first-order valence-electron chi connectivity index (χ1n) is 15.8. The van der Waals surface area contributed by atoms with E-state index in [0.717, 1.165) is 0 Å². The lowest BCUT2D eigenvalue weighted by Gasteiger charge is -2.23. The van der Waals surface area contributed by atoms with E-state index in [2.05, 4.69) is 16.0 Å². The highest BCUT2D eigenvalue weighted by atomic mass is 16.6. The van der Waals surface area contributed by atoms with Crippen LogP contribution >= 0.6 is 0 Å². The molecule has 0 saturated heterocycles. The molecule has 1 atom stereocenters. The van der Waals surface area contributed by atoms with Crippen LogP contribution in [0.2, 0.25) is 0 Å². The van der Waals surface area contributed by atoms with Crippen LogP contribution in [-0.2, 0) is 33.2 Å². The fourth-order valence-corrected chi connectivity index (χ4v) is 3.93. The molecule has 46 heavy (non-hydrogen) atoms. The first-order valence-corrected chi connectivity index (χ1v) is 15.8. The molecular weight excluding hydrogens is 602 g/mol. The van der Waals surface area contributed by atoms with Crippen LogP contribution < -0.4 is 25.4 Å². The van der Waals surface area contributed by atoms with Gasteiger partial charge in [-0.15, -0.1) is 0 Å². The van der Waals surface area contributed by atoms with Crippen LogP contribution in [0.4, 0.5) is 15.3 Å². The molecule has 1 heterocycles. The summed E-state index contributed by atoms with van der Waals surface area (Å²) in [6, 6.07) is 4.13. The summed E-state index contributed by atoms with van der Waals surface area (Å²) in [5, 5.41) is 8.23. The summed E-state index contributed by atoms with van der Waals surface area (Å²) in [7, 11) is 0. The number of carbonyl (C=O) groups is 3. The number of carbonyl (C=O) groups excluding carboxylic acids is 3. The third-order valence-electron chi connectivity index (χ3n) is 5.89. The van der Waals surface area contributed by atoms with Gasteiger partial charge < -0.3 is 53.8 Å². The molecule has 1 aliphatic heterocycles. The van der Waals surface area contributed by atoms with Gasteiger partial charge in [0, 0.05) is 18.3 Å². The topological polar surface area (TPSA) is 161 Å². The molecule has 0 bridgehead atoms. The molecular formula is C32H53N3O11. The first-order chi connectivity index (χ1) is 21.8. The second kappa shape index (κ2) is 20.7. The Hall–Kier alpha value is -3.33. The lowest BCUT2D eigenvalue weighted by Crippen LogP contribution is -2.45. The molecule has 0 aliphatic carbocycles. The third kappa shape index (κ3) is 18.6. The Labute approximate surface area is 272 Å². The summed E-state index contributed by atoms with van der Waals surface area (Å²) in [5.41, 5.74) is -0.895. The Kier molecular flexibility index (Phi) is 17.5. The Morgan fingerprint density at radius 2 is 1.20 bits per heavy atom. The van der Waals surface area contributed by atoms with Crippen molar-refractivity contribution in [3.63, 3.8) is 0 Å². The molecule has 1 aliphatic rings. The molecule has 3 amide bonds. The number of fused-ring (bicyclic) bond motifs is 1. The van der Waals surface area contributed by atoms with Gasteiger partial charge in [-0.25, -0.2) is 9.59 Å². The van der Waals surface area contributed by atoms with Crippen molar-refractivity contribution in [2.75, 3.05) is 77.9 Å². The van der Waals surface area contributed by atoms with Crippen molar-refractivity contribution in [2.45, 2.75) is 78.0 Å². The molecule has 262 valence electrons. The minimum Gasteiger partial charge on any atom is -0.487 e. The quantitative estimate of drug-likeness (QED) is 0.347. The predicted octanol–water partition coefficient (Wildman–Crippen LogP) is 4.05. The number of amides is 3. The van der Waals surface area contributed by atoms with Crippen molar-refractivity contribution in [3.8, 4) is 11.5 Å². The van der Waals surface area contributed by atoms with Crippen LogP contribution in [-0.4, -0.2) is 108 Å². The smallest absolute Gasteiger partial charge is 0.408 e. The molecule has 14 nitrogen and oxygen atoms in total. The molecule has 0 fully saturated rings. The van der Waals surface area contributed by atoms with Crippen molar-refractivity contribution in [1.82, 2.24) is 10.6 Å². The lowest BCUT2D eigenvalue weighted by molar-refractivity contribution is -0.118. The van der Waals surface area contributed by atoms with Gasteiger partial charge in [0.25, 0.3) is 0 Å². The summed E-state index contributed by atoms with van der Waals surface area (Å²) in [4.78, 5) is 37.9. The van der Waals surface area contributed by atoms with Crippen LogP contribution in [0.5, 0.6) is 11.5 Å². The fourth-order valence-electron chi connectivity index (χ4n) is 3.93. The molecule has 0 saturated carbocycles. The number of rotatable bonds is 8. The number of hydrogen-bond acceptors (Lipinski definition) is 11. The van der Waals surface area contributed by atoms with E-state index >= 15 is 0 Å². The average Bonchev–Trinajstić information content (AvgIpc) is 2.94. The zero-order valence-electron chi connectivity index (χ0n) is 28.2. The zero-order chi connectivity index (χ0) is 33.8. The molecule has 3 N–H and O–H groups in total. The molecule has 1 aromatic carbocycles. The number of anilines is 1. The van der Waals surface area contributed by atoms with Gasteiger partial charge in [0.2, 0.25) is 5.91 Å². The summed E-state index contributed by atoms with van der Waals surface area (Å²) >= 11 is 0. The number of hydrogen-bond donors (Lipinski definition) is 3. The number of alkyl carbamates (subject to hydrolysis) is 2. The SMILES string of the molecule is CC(C)(C)OC(=O)NCCCC[C@H](NC(=O)OC(C)(C)C)C(=O)Nc1ccc2c(c1)OCCOCCOCCOCCOCCO2. The van der Waals surface area contributed by atoms with Crippen molar-refractivity contribution in [1.29, 1.82) is 0 Å². The Bertz CT molecular complexity index is 1060. The van der Waals surface area contributed by atoms with E-state index in [0.29, 0.717) is 95.8 Å². The van der Waals surface area contributed by atoms with Gasteiger partial charge in [0.1, 0.15) is 30.5 Å². The van der Waals surface area contributed by atoms with E-state index in [1.54, 1.807) is 59.7 Å². The molecule has 14 heteroatoms. The van der Waals surface area contributed by atoms with E-state index in [1.807, 2.05) is 0 Å². The normalized spacial score (nSPS) is 16.6. The second-order valence-corrected chi connectivity index (χ2v) is 12.4. The average molecular weight is 656 g/mol. The first kappa shape index (κ1) is 38.9. The Morgan fingerprint density at radius 1 is 0.696 bits per heavy atom.